The number of aliphatic hydroxyl groups is 1. The molecule has 0 saturated carbocycles. The van der Waals surface area contributed by atoms with Crippen LogP contribution < -0.4 is 9.47 Å². The summed E-state index contributed by atoms with van der Waals surface area (Å²) in [6.45, 7) is 19.9. The minimum Gasteiger partial charge on any atom is -0.497 e. The molecule has 3 atom stereocenters. The van der Waals surface area contributed by atoms with Crippen molar-refractivity contribution in [2.45, 2.75) is 123 Å². The van der Waals surface area contributed by atoms with E-state index in [0.717, 1.165) is 34.6 Å². The van der Waals surface area contributed by atoms with Crippen molar-refractivity contribution in [3.63, 3.8) is 0 Å². The fraction of sp³-hybridized carbons (Fsp3) is 0.615. The summed E-state index contributed by atoms with van der Waals surface area (Å²) in [5, 5.41) is 10.7. The van der Waals surface area contributed by atoms with Crippen molar-refractivity contribution in [3.05, 3.63) is 71.3 Å². The Kier molecular flexibility index (Phi) is 18.0. The van der Waals surface area contributed by atoms with Crippen LogP contribution in [0.2, 0.25) is 16.6 Å². The van der Waals surface area contributed by atoms with E-state index < -0.39 is 20.5 Å². The minimum absolute atomic E-state index is 0.0321. The predicted octanol–water partition coefficient (Wildman–Crippen LogP) is 9.07. The Labute approximate surface area is 286 Å². The number of carbonyl (C=O) groups excluding carboxylic acids is 1. The van der Waals surface area contributed by atoms with Gasteiger partial charge in [0.2, 0.25) is 0 Å². The lowest BCUT2D eigenvalue weighted by Gasteiger charge is -2.43. The average Bonchev–Trinajstić information content (AvgIpc) is 3.04. The van der Waals surface area contributed by atoms with Crippen LogP contribution in [0.4, 0.5) is 0 Å². The van der Waals surface area contributed by atoms with Gasteiger partial charge in [0.05, 0.1) is 39.6 Å². The third kappa shape index (κ3) is 13.1. The van der Waals surface area contributed by atoms with Gasteiger partial charge < -0.3 is 28.5 Å². The second-order valence-electron chi connectivity index (χ2n) is 13.6. The number of Topliss-reactive ketones (excluding diaryl/α,β-unsaturated/α-hetero) is 1. The molecule has 0 aliphatic carbocycles. The SMILES string of the molecule is CC[C@H](/C=C(/C)[C@@H](CC(=O)C[C@H](O)CCOCc1ccc(OC)cc1)OCc1ccc(OC)cc1)CO[Si](C(C)C)(C(C)C)C(C)C. The Morgan fingerprint density at radius 1 is 0.809 bits per heavy atom. The molecule has 2 aromatic rings. The Morgan fingerprint density at radius 3 is 1.79 bits per heavy atom. The molecule has 0 saturated heterocycles. The van der Waals surface area contributed by atoms with Crippen molar-refractivity contribution in [1.82, 2.24) is 0 Å². The molecule has 8 heteroatoms. The quantitative estimate of drug-likeness (QED) is 0.0718. The van der Waals surface area contributed by atoms with Gasteiger partial charge in [-0.1, -0.05) is 78.8 Å². The highest BCUT2D eigenvalue weighted by atomic mass is 28.4. The Morgan fingerprint density at radius 2 is 1.32 bits per heavy atom. The van der Waals surface area contributed by atoms with E-state index in [4.69, 9.17) is 23.4 Å². The van der Waals surface area contributed by atoms with Crippen molar-refractivity contribution in [1.29, 1.82) is 0 Å². The van der Waals surface area contributed by atoms with Gasteiger partial charge in [-0.25, -0.2) is 0 Å². The molecule has 0 aromatic heterocycles. The molecule has 0 amide bonds. The summed E-state index contributed by atoms with van der Waals surface area (Å²) in [7, 11) is 1.28. The van der Waals surface area contributed by atoms with E-state index >= 15 is 0 Å². The standard InChI is InChI=1S/C39H62O7Si/c1-11-32(27-46-47(28(2)3,29(4)5)30(6)7)22-31(8)39(45-26-34-14-18-38(43-10)19-15-34)24-36(41)23-35(40)20-21-44-25-33-12-16-37(42-9)17-13-33/h12-19,22,28-30,32,35,39-40H,11,20-21,23-27H2,1-10H3/b31-22-/t32-,35-,39-/m1/s1. The van der Waals surface area contributed by atoms with E-state index in [2.05, 4.69) is 61.5 Å². The lowest BCUT2D eigenvalue weighted by molar-refractivity contribution is -0.123. The van der Waals surface area contributed by atoms with E-state index in [9.17, 15) is 9.90 Å². The Bertz CT molecular complexity index is 1170. The van der Waals surface area contributed by atoms with Gasteiger partial charge in [0.1, 0.15) is 17.3 Å². The maximum absolute atomic E-state index is 13.3. The number of rotatable bonds is 23. The molecule has 2 rings (SSSR count). The second-order valence-corrected chi connectivity index (χ2v) is 19.1. The summed E-state index contributed by atoms with van der Waals surface area (Å²) < 4.78 is 29.6. The van der Waals surface area contributed by atoms with Gasteiger partial charge in [0, 0.05) is 26.1 Å². The number of methoxy groups -OCH3 is 2. The molecule has 0 aliphatic heterocycles. The van der Waals surface area contributed by atoms with Crippen molar-refractivity contribution in [2.75, 3.05) is 27.4 Å². The summed E-state index contributed by atoms with van der Waals surface area (Å²) in [5.74, 6) is 1.77. The average molecular weight is 671 g/mol. The minimum atomic E-state index is -2.00. The third-order valence-corrected chi connectivity index (χ3v) is 15.4. The molecule has 1 N–H and O–H groups in total. The molecule has 7 nitrogen and oxygen atoms in total. The summed E-state index contributed by atoms with van der Waals surface area (Å²) in [4.78, 5) is 13.3. The third-order valence-electron chi connectivity index (χ3n) is 9.30. The highest BCUT2D eigenvalue weighted by Crippen LogP contribution is 2.42. The lowest BCUT2D eigenvalue weighted by Crippen LogP contribution is -2.48. The van der Waals surface area contributed by atoms with Gasteiger partial charge in [0.25, 0.3) is 0 Å². The summed E-state index contributed by atoms with van der Waals surface area (Å²) in [6, 6.07) is 15.5. The molecule has 264 valence electrons. The molecule has 2 aromatic carbocycles. The molecule has 0 aliphatic rings. The lowest BCUT2D eigenvalue weighted by atomic mass is 9.97. The summed E-state index contributed by atoms with van der Waals surface area (Å²) >= 11 is 0. The molecular formula is C39H62O7Si. The van der Waals surface area contributed by atoms with Crippen LogP contribution in [0.1, 0.15) is 92.2 Å². The summed E-state index contributed by atoms with van der Waals surface area (Å²) in [6.07, 6.45) is 2.65. The number of ketones is 1. The fourth-order valence-corrected chi connectivity index (χ4v) is 12.1. The van der Waals surface area contributed by atoms with Crippen LogP contribution >= 0.6 is 0 Å². The molecule has 0 radical (unpaired) electrons. The van der Waals surface area contributed by atoms with E-state index in [1.165, 1.54) is 0 Å². The normalized spacial score (nSPS) is 14.5. The molecule has 0 fully saturated rings. The highest BCUT2D eigenvalue weighted by Gasteiger charge is 2.45. The first-order valence-electron chi connectivity index (χ1n) is 17.3. The van der Waals surface area contributed by atoms with Crippen molar-refractivity contribution >= 4 is 14.1 Å². The van der Waals surface area contributed by atoms with E-state index in [-0.39, 0.29) is 24.5 Å². The molecular weight excluding hydrogens is 609 g/mol. The van der Waals surface area contributed by atoms with Crippen molar-refractivity contribution in [3.8, 4) is 11.5 Å². The first kappa shape index (κ1) is 40.7. The molecule has 0 bridgehead atoms. The predicted molar refractivity (Wildman–Crippen MR) is 194 cm³/mol. The monoisotopic (exact) mass is 670 g/mol. The van der Waals surface area contributed by atoms with Crippen LogP contribution in [0.5, 0.6) is 11.5 Å². The number of aliphatic hydroxyl groups excluding tert-OH is 1. The molecule has 47 heavy (non-hydrogen) atoms. The van der Waals surface area contributed by atoms with Crippen LogP contribution in [0.15, 0.2) is 60.2 Å². The van der Waals surface area contributed by atoms with Crippen LogP contribution in [-0.4, -0.2) is 58.8 Å². The Hall–Kier alpha value is -2.49. The van der Waals surface area contributed by atoms with Gasteiger partial charge in [-0.15, -0.1) is 0 Å². The first-order valence-corrected chi connectivity index (χ1v) is 19.5. The number of hydrogen-bond acceptors (Lipinski definition) is 7. The topological polar surface area (TPSA) is 83.5 Å². The van der Waals surface area contributed by atoms with Gasteiger partial charge in [-0.3, -0.25) is 4.79 Å². The maximum atomic E-state index is 13.3. The van der Waals surface area contributed by atoms with Crippen molar-refractivity contribution < 1.29 is 33.3 Å². The zero-order valence-corrected chi connectivity index (χ0v) is 31.7. The largest absolute Gasteiger partial charge is 0.497 e. The molecule has 0 heterocycles. The fourth-order valence-electron chi connectivity index (χ4n) is 6.57. The van der Waals surface area contributed by atoms with Crippen LogP contribution in [0.3, 0.4) is 0 Å². The van der Waals surface area contributed by atoms with Crippen LogP contribution in [-0.2, 0) is 31.9 Å². The van der Waals surface area contributed by atoms with E-state index in [1.807, 2.05) is 48.5 Å². The van der Waals surface area contributed by atoms with Gasteiger partial charge >= 0.3 is 0 Å². The van der Waals surface area contributed by atoms with E-state index in [1.54, 1.807) is 14.2 Å². The first-order chi connectivity index (χ1) is 22.4. The maximum Gasteiger partial charge on any atom is 0.200 e. The zero-order valence-electron chi connectivity index (χ0n) is 30.7. The summed E-state index contributed by atoms with van der Waals surface area (Å²) in [5.41, 5.74) is 4.59. The zero-order chi connectivity index (χ0) is 35.0. The van der Waals surface area contributed by atoms with Crippen LogP contribution in [0, 0.1) is 5.92 Å². The highest BCUT2D eigenvalue weighted by molar-refractivity contribution is 6.77. The number of benzene rings is 2. The smallest absolute Gasteiger partial charge is 0.200 e. The molecule has 0 unspecified atom stereocenters. The van der Waals surface area contributed by atoms with E-state index in [0.29, 0.717) is 49.5 Å². The van der Waals surface area contributed by atoms with Crippen LogP contribution in [0.25, 0.3) is 0 Å². The van der Waals surface area contributed by atoms with Crippen molar-refractivity contribution in [2.24, 2.45) is 5.92 Å². The van der Waals surface area contributed by atoms with Gasteiger partial charge in [-0.05, 0) is 83.3 Å². The Balaban J connectivity index is 2.07. The number of hydrogen-bond donors (Lipinski definition) is 1. The van der Waals surface area contributed by atoms with Gasteiger partial charge in [-0.2, -0.15) is 0 Å². The number of ether oxygens (including phenoxy) is 4. The number of carbonyl (C=O) groups is 1. The molecule has 0 spiro atoms. The van der Waals surface area contributed by atoms with Gasteiger partial charge in [0.15, 0.2) is 8.32 Å². The second kappa shape index (κ2) is 20.8.